The van der Waals surface area contributed by atoms with Crippen molar-refractivity contribution in [3.63, 3.8) is 0 Å². The minimum atomic E-state index is -1.71. The molecule has 16 nitrogen and oxygen atoms in total. The average Bonchev–Trinajstić information content (AvgIpc) is 3.00. The summed E-state index contributed by atoms with van der Waals surface area (Å²) < 4.78 is 29.8. The van der Waals surface area contributed by atoms with Gasteiger partial charge in [-0.15, -0.1) is 0 Å². The second-order valence-corrected chi connectivity index (χ2v) is 11.6. The fraction of sp³-hybridized carbons (Fsp3) is 0.963. The minimum absolute atomic E-state index is 0.130. The lowest BCUT2D eigenvalue weighted by atomic mass is 9.83. The number of hydrogen-bond acceptors (Lipinski definition) is 16. The van der Waals surface area contributed by atoms with Crippen molar-refractivity contribution in [1.82, 2.24) is 31.9 Å². The lowest BCUT2D eigenvalue weighted by molar-refractivity contribution is -0.316. The highest BCUT2D eigenvalue weighted by atomic mass is 16.7. The van der Waals surface area contributed by atoms with Crippen LogP contribution in [-0.2, 0) is 28.5 Å². The molecule has 2 aliphatic heterocycles. The highest BCUT2D eigenvalue weighted by molar-refractivity contribution is 5.69. The van der Waals surface area contributed by atoms with Crippen LogP contribution in [-0.4, -0.2) is 174 Å². The number of aliphatic hydroxyl groups is 4. The van der Waals surface area contributed by atoms with Gasteiger partial charge in [-0.3, -0.25) is 4.79 Å². The molecule has 1 saturated carbocycles. The van der Waals surface area contributed by atoms with Gasteiger partial charge in [-0.05, 0) is 55.1 Å². The third kappa shape index (κ3) is 8.80. The number of carbonyl (C=O) groups excluding carboxylic acids is 1. The lowest BCUT2D eigenvalue weighted by Crippen LogP contribution is -2.70. The molecule has 0 aromatic heterocycles. The van der Waals surface area contributed by atoms with Crippen LogP contribution in [0.3, 0.4) is 0 Å². The summed E-state index contributed by atoms with van der Waals surface area (Å²) in [5.74, 6) is -0.493. The summed E-state index contributed by atoms with van der Waals surface area (Å²) in [6, 6.07) is -1.92. The lowest BCUT2D eigenvalue weighted by Gasteiger charge is -2.50. The van der Waals surface area contributed by atoms with Crippen molar-refractivity contribution in [3.05, 3.63) is 0 Å². The van der Waals surface area contributed by atoms with Crippen molar-refractivity contribution in [2.45, 2.75) is 98.2 Å². The number of esters is 1. The zero-order valence-electron chi connectivity index (χ0n) is 26.1. The molecule has 43 heavy (non-hydrogen) atoms. The van der Waals surface area contributed by atoms with E-state index < -0.39 is 66.8 Å². The van der Waals surface area contributed by atoms with Gasteiger partial charge in [0.15, 0.2) is 12.6 Å². The van der Waals surface area contributed by atoms with E-state index in [1.165, 1.54) is 0 Å². The number of ether oxygens (including phenoxy) is 5. The molecule has 0 radical (unpaired) electrons. The van der Waals surface area contributed by atoms with Crippen LogP contribution in [0, 0.1) is 0 Å². The van der Waals surface area contributed by atoms with E-state index in [1.54, 1.807) is 42.3 Å². The molecule has 1 aliphatic carbocycles. The van der Waals surface area contributed by atoms with Gasteiger partial charge in [0.05, 0.1) is 37.3 Å². The fourth-order valence-corrected chi connectivity index (χ4v) is 6.16. The number of rotatable bonds is 15. The van der Waals surface area contributed by atoms with Crippen LogP contribution in [0.15, 0.2) is 0 Å². The Bertz CT molecular complexity index is 850. The van der Waals surface area contributed by atoms with E-state index >= 15 is 0 Å². The van der Waals surface area contributed by atoms with Gasteiger partial charge in [-0.2, -0.15) is 0 Å². The van der Waals surface area contributed by atoms with Crippen molar-refractivity contribution < 1.29 is 48.9 Å². The quantitative estimate of drug-likeness (QED) is 0.0775. The standard InChI is InChI=1S/C27H54N6O10/c1-28-8-7-19(35)39-12-27(38)13-40-26(21(37)24(27)33-6)43-23-15(31-4)9-14(30-3)22(20(23)36)42-25-16(32-5)10-17(34)18(41-25)11-29-2/h14-18,20-26,28-34,36-38H,7-13H2,1-6H3. The van der Waals surface area contributed by atoms with Gasteiger partial charge in [0, 0.05) is 25.2 Å². The van der Waals surface area contributed by atoms with Crippen molar-refractivity contribution in [3.8, 4) is 0 Å². The summed E-state index contributed by atoms with van der Waals surface area (Å²) >= 11 is 0. The summed E-state index contributed by atoms with van der Waals surface area (Å²) in [4.78, 5) is 12.0. The fourth-order valence-electron chi connectivity index (χ4n) is 6.16. The van der Waals surface area contributed by atoms with Gasteiger partial charge in [0.25, 0.3) is 0 Å². The number of likely N-dealkylation sites (N-methyl/N-ethyl adjacent to an activating group) is 5. The predicted octanol–water partition coefficient (Wildman–Crippen LogP) is -4.83. The van der Waals surface area contributed by atoms with Gasteiger partial charge >= 0.3 is 5.97 Å². The van der Waals surface area contributed by atoms with Crippen molar-refractivity contribution in [2.75, 3.05) is 68.6 Å². The van der Waals surface area contributed by atoms with Crippen LogP contribution < -0.4 is 31.9 Å². The molecule has 0 aromatic rings. The SMILES string of the molecule is CNCCC(=O)OCC1(O)COC(OC2C(NC)CC(NC)C(OC3OC(CNC)C(O)CC3NC)C2O)C(O)C1NC. The summed E-state index contributed by atoms with van der Waals surface area (Å²) in [5.41, 5.74) is -1.71. The van der Waals surface area contributed by atoms with Gasteiger partial charge < -0.3 is 76.0 Å². The Morgan fingerprint density at radius 1 is 0.837 bits per heavy atom. The molecule has 13 unspecified atom stereocenters. The first-order chi connectivity index (χ1) is 20.6. The van der Waals surface area contributed by atoms with E-state index in [2.05, 4.69) is 31.9 Å². The van der Waals surface area contributed by atoms with Crippen LogP contribution in [0.1, 0.15) is 19.3 Å². The van der Waals surface area contributed by atoms with Gasteiger partial charge in [0.1, 0.15) is 36.6 Å². The normalized spacial score (nSPS) is 42.1. The number of nitrogens with one attached hydrogen (secondary N) is 6. The molecule has 10 N–H and O–H groups in total. The number of hydrogen-bond donors (Lipinski definition) is 10. The maximum absolute atomic E-state index is 12.0. The first kappa shape index (κ1) is 36.4. The highest BCUT2D eigenvalue weighted by Crippen LogP contribution is 2.33. The van der Waals surface area contributed by atoms with Crippen molar-refractivity contribution in [2.24, 2.45) is 0 Å². The molecule has 0 spiro atoms. The summed E-state index contributed by atoms with van der Waals surface area (Å²) in [6.45, 7) is 0.185. The maximum Gasteiger partial charge on any atom is 0.307 e. The Balaban J connectivity index is 1.73. The van der Waals surface area contributed by atoms with E-state index in [0.717, 1.165) is 0 Å². The smallest absolute Gasteiger partial charge is 0.307 e. The first-order valence-electron chi connectivity index (χ1n) is 15.1. The van der Waals surface area contributed by atoms with Gasteiger partial charge in [0.2, 0.25) is 0 Å². The zero-order chi connectivity index (χ0) is 31.7. The van der Waals surface area contributed by atoms with E-state index in [4.69, 9.17) is 23.7 Å². The maximum atomic E-state index is 12.0. The molecule has 13 atom stereocenters. The number of aliphatic hydroxyl groups excluding tert-OH is 3. The molecule has 16 heteroatoms. The first-order valence-corrected chi connectivity index (χ1v) is 15.1. The molecule has 0 bridgehead atoms. The van der Waals surface area contributed by atoms with Crippen LogP contribution in [0.4, 0.5) is 0 Å². The zero-order valence-corrected chi connectivity index (χ0v) is 26.1. The second-order valence-electron chi connectivity index (χ2n) is 11.6. The van der Waals surface area contributed by atoms with Gasteiger partial charge in [-0.1, -0.05) is 0 Å². The Hall–Kier alpha value is -1.09. The molecule has 3 rings (SSSR count). The summed E-state index contributed by atoms with van der Waals surface area (Å²) in [5, 5.41) is 63.0. The third-order valence-electron chi connectivity index (χ3n) is 8.71. The molecule has 0 aromatic carbocycles. The molecular weight excluding hydrogens is 568 g/mol. The van der Waals surface area contributed by atoms with Gasteiger partial charge in [-0.25, -0.2) is 0 Å². The van der Waals surface area contributed by atoms with E-state index in [0.29, 0.717) is 25.9 Å². The van der Waals surface area contributed by atoms with Crippen LogP contribution in [0.5, 0.6) is 0 Å². The molecule has 2 heterocycles. The molecule has 252 valence electrons. The van der Waals surface area contributed by atoms with Crippen molar-refractivity contribution in [1.29, 1.82) is 0 Å². The van der Waals surface area contributed by atoms with Crippen LogP contribution in [0.2, 0.25) is 0 Å². The Morgan fingerprint density at radius 2 is 1.47 bits per heavy atom. The van der Waals surface area contributed by atoms with E-state index in [-0.39, 0.29) is 37.8 Å². The largest absolute Gasteiger partial charge is 0.462 e. The van der Waals surface area contributed by atoms with Crippen LogP contribution in [0.25, 0.3) is 0 Å². The Morgan fingerprint density at radius 3 is 2.02 bits per heavy atom. The van der Waals surface area contributed by atoms with E-state index in [1.807, 2.05) is 0 Å². The highest BCUT2D eigenvalue weighted by Gasteiger charge is 2.53. The monoisotopic (exact) mass is 622 g/mol. The topological polar surface area (TPSA) is 216 Å². The van der Waals surface area contributed by atoms with Crippen molar-refractivity contribution >= 4 is 5.97 Å². The molecular formula is C27H54N6O10. The predicted molar refractivity (Wildman–Crippen MR) is 155 cm³/mol. The Labute approximate surface area is 253 Å². The Kier molecular flexibility index (Phi) is 14.4. The summed E-state index contributed by atoms with van der Waals surface area (Å²) in [7, 11) is 10.4. The molecule has 3 aliphatic rings. The third-order valence-corrected chi connectivity index (χ3v) is 8.71. The number of carbonyl (C=O) groups is 1. The minimum Gasteiger partial charge on any atom is -0.462 e. The molecule has 2 saturated heterocycles. The van der Waals surface area contributed by atoms with E-state index in [9.17, 15) is 25.2 Å². The summed E-state index contributed by atoms with van der Waals surface area (Å²) in [6.07, 6.45) is -6.32. The average molecular weight is 623 g/mol. The second kappa shape index (κ2) is 17.0. The van der Waals surface area contributed by atoms with Crippen LogP contribution >= 0.6 is 0 Å². The molecule has 3 fully saturated rings. The molecule has 0 amide bonds.